The average molecular weight is 177 g/mol. The second-order valence-electron chi connectivity index (χ2n) is 3.51. The fourth-order valence-electron chi connectivity index (χ4n) is 1.29. The second kappa shape index (κ2) is 5.00. The Kier molecular flexibility index (Phi) is 4.24. The van der Waals surface area contributed by atoms with Gasteiger partial charge in [-0.25, -0.2) is 0 Å². The molecular weight excluding hydrogens is 160 g/mol. The lowest BCUT2D eigenvalue weighted by molar-refractivity contribution is 0.149. The molecule has 1 aliphatic rings. The van der Waals surface area contributed by atoms with E-state index in [-0.39, 0.29) is 6.10 Å². The van der Waals surface area contributed by atoms with Crippen LogP contribution in [0.4, 0.5) is 0 Å². The number of rotatable bonds is 6. The first-order valence-corrected chi connectivity index (χ1v) is 5.10. The van der Waals surface area contributed by atoms with Crippen LogP contribution in [0.15, 0.2) is 0 Å². The SMILES string of the molecule is OC(CCCCl)CCC1CC1. The summed E-state index contributed by atoms with van der Waals surface area (Å²) in [5.41, 5.74) is 0. The first kappa shape index (κ1) is 9.34. The van der Waals surface area contributed by atoms with E-state index >= 15 is 0 Å². The molecule has 1 N–H and O–H groups in total. The summed E-state index contributed by atoms with van der Waals surface area (Å²) in [6.07, 6.45) is 6.74. The van der Waals surface area contributed by atoms with Gasteiger partial charge in [0.25, 0.3) is 0 Å². The van der Waals surface area contributed by atoms with E-state index < -0.39 is 0 Å². The molecule has 11 heavy (non-hydrogen) atoms. The minimum atomic E-state index is -0.0886. The summed E-state index contributed by atoms with van der Waals surface area (Å²) in [5.74, 6) is 1.63. The highest BCUT2D eigenvalue weighted by Gasteiger charge is 2.21. The zero-order valence-corrected chi connectivity index (χ0v) is 7.69. The lowest BCUT2D eigenvalue weighted by Crippen LogP contribution is -2.06. The molecule has 1 nitrogen and oxygen atoms in total. The summed E-state index contributed by atoms with van der Waals surface area (Å²) in [6.45, 7) is 0. The van der Waals surface area contributed by atoms with Crippen LogP contribution in [0.1, 0.15) is 38.5 Å². The highest BCUT2D eigenvalue weighted by Crippen LogP contribution is 2.34. The molecule has 0 amide bonds. The van der Waals surface area contributed by atoms with Gasteiger partial charge in [-0.15, -0.1) is 11.6 Å². The van der Waals surface area contributed by atoms with Gasteiger partial charge >= 0.3 is 0 Å². The molecule has 1 atom stereocenters. The van der Waals surface area contributed by atoms with E-state index in [1.54, 1.807) is 0 Å². The van der Waals surface area contributed by atoms with Crippen LogP contribution in [0.25, 0.3) is 0 Å². The lowest BCUT2D eigenvalue weighted by Gasteiger charge is -2.07. The molecule has 2 heteroatoms. The fourth-order valence-corrected chi connectivity index (χ4v) is 1.45. The Labute approximate surface area is 73.8 Å². The van der Waals surface area contributed by atoms with E-state index in [9.17, 15) is 5.11 Å². The number of hydrogen-bond acceptors (Lipinski definition) is 1. The largest absolute Gasteiger partial charge is 0.393 e. The van der Waals surface area contributed by atoms with Crippen LogP contribution < -0.4 is 0 Å². The molecule has 0 saturated heterocycles. The quantitative estimate of drug-likeness (QED) is 0.617. The highest BCUT2D eigenvalue weighted by atomic mass is 35.5. The van der Waals surface area contributed by atoms with Crippen molar-refractivity contribution >= 4 is 11.6 Å². The van der Waals surface area contributed by atoms with E-state index in [1.807, 2.05) is 0 Å². The summed E-state index contributed by atoms with van der Waals surface area (Å²) >= 11 is 5.51. The average Bonchev–Trinajstić information content (AvgIpc) is 2.80. The van der Waals surface area contributed by atoms with Gasteiger partial charge < -0.3 is 5.11 Å². The van der Waals surface area contributed by atoms with Crippen LogP contribution >= 0.6 is 11.6 Å². The van der Waals surface area contributed by atoms with E-state index in [1.165, 1.54) is 19.3 Å². The zero-order chi connectivity index (χ0) is 8.10. The first-order chi connectivity index (χ1) is 5.33. The highest BCUT2D eigenvalue weighted by molar-refractivity contribution is 6.17. The van der Waals surface area contributed by atoms with Gasteiger partial charge in [0.1, 0.15) is 0 Å². The molecule has 0 radical (unpaired) electrons. The molecule has 0 heterocycles. The van der Waals surface area contributed by atoms with Gasteiger partial charge in [-0.1, -0.05) is 12.8 Å². The standard InChI is InChI=1S/C9H17ClO/c10-7-1-2-9(11)6-5-8-3-4-8/h8-9,11H,1-7H2. The molecule has 0 bridgehead atoms. The summed E-state index contributed by atoms with van der Waals surface area (Å²) in [7, 11) is 0. The molecule has 1 fully saturated rings. The maximum Gasteiger partial charge on any atom is 0.0540 e. The summed E-state index contributed by atoms with van der Waals surface area (Å²) in [4.78, 5) is 0. The molecule has 1 saturated carbocycles. The maximum absolute atomic E-state index is 9.40. The van der Waals surface area contributed by atoms with Gasteiger partial charge in [-0.05, 0) is 31.6 Å². The Hall–Kier alpha value is 0.250. The van der Waals surface area contributed by atoms with E-state index in [0.29, 0.717) is 5.88 Å². The topological polar surface area (TPSA) is 20.2 Å². The molecule has 1 unspecified atom stereocenters. The fraction of sp³-hybridized carbons (Fsp3) is 1.00. The number of halogens is 1. The minimum Gasteiger partial charge on any atom is -0.393 e. The van der Waals surface area contributed by atoms with E-state index in [2.05, 4.69) is 0 Å². The van der Waals surface area contributed by atoms with Gasteiger partial charge in [0.15, 0.2) is 0 Å². The predicted octanol–water partition coefficient (Wildman–Crippen LogP) is 2.56. The molecule has 0 aromatic carbocycles. The molecule has 0 spiro atoms. The van der Waals surface area contributed by atoms with Crippen molar-refractivity contribution in [3.63, 3.8) is 0 Å². The third-order valence-electron chi connectivity index (χ3n) is 2.28. The maximum atomic E-state index is 9.40. The van der Waals surface area contributed by atoms with E-state index in [0.717, 1.165) is 25.2 Å². The Bertz CT molecular complexity index is 102. The van der Waals surface area contributed by atoms with Crippen LogP contribution in [-0.2, 0) is 0 Å². The minimum absolute atomic E-state index is 0.0886. The lowest BCUT2D eigenvalue weighted by atomic mass is 10.1. The molecule has 1 aliphatic carbocycles. The number of alkyl halides is 1. The Morgan fingerprint density at radius 3 is 2.64 bits per heavy atom. The Morgan fingerprint density at radius 1 is 1.36 bits per heavy atom. The second-order valence-corrected chi connectivity index (χ2v) is 3.88. The van der Waals surface area contributed by atoms with Crippen molar-refractivity contribution in [3.05, 3.63) is 0 Å². The van der Waals surface area contributed by atoms with Crippen molar-refractivity contribution < 1.29 is 5.11 Å². The van der Waals surface area contributed by atoms with Gasteiger partial charge in [-0.2, -0.15) is 0 Å². The van der Waals surface area contributed by atoms with Gasteiger partial charge in [-0.3, -0.25) is 0 Å². The third kappa shape index (κ3) is 4.65. The first-order valence-electron chi connectivity index (χ1n) is 4.57. The summed E-state index contributed by atoms with van der Waals surface area (Å²) < 4.78 is 0. The van der Waals surface area contributed by atoms with Crippen LogP contribution in [0.3, 0.4) is 0 Å². The zero-order valence-electron chi connectivity index (χ0n) is 6.93. The molecule has 0 aromatic rings. The third-order valence-corrected chi connectivity index (χ3v) is 2.54. The monoisotopic (exact) mass is 176 g/mol. The van der Waals surface area contributed by atoms with Crippen LogP contribution in [0, 0.1) is 5.92 Å². The van der Waals surface area contributed by atoms with Crippen LogP contribution in [0.2, 0.25) is 0 Å². The Morgan fingerprint density at radius 2 is 2.09 bits per heavy atom. The van der Waals surface area contributed by atoms with Crippen molar-refractivity contribution in [2.75, 3.05) is 5.88 Å². The summed E-state index contributed by atoms with van der Waals surface area (Å²) in [6, 6.07) is 0. The van der Waals surface area contributed by atoms with Crippen molar-refractivity contribution in [1.82, 2.24) is 0 Å². The van der Waals surface area contributed by atoms with Crippen molar-refractivity contribution in [3.8, 4) is 0 Å². The molecule has 66 valence electrons. The predicted molar refractivity (Wildman–Crippen MR) is 47.9 cm³/mol. The molecule has 1 rings (SSSR count). The van der Waals surface area contributed by atoms with Crippen molar-refractivity contribution in [2.45, 2.75) is 44.6 Å². The number of aliphatic hydroxyl groups excluding tert-OH is 1. The van der Waals surface area contributed by atoms with Crippen LogP contribution in [0.5, 0.6) is 0 Å². The number of aliphatic hydroxyl groups is 1. The smallest absolute Gasteiger partial charge is 0.0540 e. The summed E-state index contributed by atoms with van der Waals surface area (Å²) in [5, 5.41) is 9.40. The van der Waals surface area contributed by atoms with Gasteiger partial charge in [0.05, 0.1) is 6.10 Å². The van der Waals surface area contributed by atoms with Gasteiger partial charge in [0.2, 0.25) is 0 Å². The molecule has 0 aliphatic heterocycles. The normalized spacial score (nSPS) is 20.2. The van der Waals surface area contributed by atoms with Crippen molar-refractivity contribution in [1.29, 1.82) is 0 Å². The Balaban J connectivity index is 1.87. The van der Waals surface area contributed by atoms with Crippen molar-refractivity contribution in [2.24, 2.45) is 5.92 Å². The van der Waals surface area contributed by atoms with Crippen LogP contribution in [-0.4, -0.2) is 17.1 Å². The molecule has 0 aromatic heterocycles. The molecular formula is C9H17ClO. The van der Waals surface area contributed by atoms with Gasteiger partial charge in [0, 0.05) is 5.88 Å². The number of hydrogen-bond donors (Lipinski definition) is 1. The van der Waals surface area contributed by atoms with E-state index in [4.69, 9.17) is 11.6 Å².